The minimum absolute atomic E-state index is 0.175. The van der Waals surface area contributed by atoms with Crippen molar-refractivity contribution in [3.63, 3.8) is 0 Å². The lowest BCUT2D eigenvalue weighted by Crippen LogP contribution is -2.24. The number of carbonyl (C=O) groups excluding carboxylic acids is 1. The summed E-state index contributed by atoms with van der Waals surface area (Å²) in [4.78, 5) is 21.6. The summed E-state index contributed by atoms with van der Waals surface area (Å²) in [5, 5.41) is 10.6. The summed E-state index contributed by atoms with van der Waals surface area (Å²) in [5.74, 6) is 0.257. The molecule has 29 heavy (non-hydrogen) atoms. The van der Waals surface area contributed by atoms with E-state index in [-0.39, 0.29) is 11.7 Å². The van der Waals surface area contributed by atoms with Gasteiger partial charge in [0.05, 0.1) is 16.8 Å². The number of rotatable bonds is 3. The number of ether oxygens (including phenoxy) is 1. The van der Waals surface area contributed by atoms with Crippen molar-refractivity contribution in [1.82, 2.24) is 9.97 Å². The lowest BCUT2D eigenvalue weighted by atomic mass is 9.90. The standard InChI is InChI=1S/C24H26N2O3/c1-24(2,3)29-23(28)18-10-8-16(12-20(18)15-6-4-5-7-15)22-19-11-9-17(27)13-21(19)25-14-26-22/h8-15,27H,4-7H2,1-3H3. The average molecular weight is 390 g/mol. The molecule has 1 fully saturated rings. The Morgan fingerprint density at radius 1 is 1.07 bits per heavy atom. The Labute approximate surface area is 170 Å². The summed E-state index contributed by atoms with van der Waals surface area (Å²) in [7, 11) is 0. The third-order valence-electron chi connectivity index (χ3n) is 5.36. The molecule has 150 valence electrons. The molecule has 5 nitrogen and oxygen atoms in total. The van der Waals surface area contributed by atoms with Gasteiger partial charge in [-0.25, -0.2) is 14.8 Å². The molecule has 2 aromatic carbocycles. The number of carbonyl (C=O) groups is 1. The number of aromatic hydroxyl groups is 1. The van der Waals surface area contributed by atoms with Crippen LogP contribution in [0.1, 0.15) is 68.3 Å². The molecule has 1 aliphatic rings. The Kier molecular flexibility index (Phi) is 4.99. The molecular formula is C24H26N2O3. The van der Waals surface area contributed by atoms with Gasteiger partial charge in [-0.3, -0.25) is 0 Å². The van der Waals surface area contributed by atoms with Crippen molar-refractivity contribution in [2.75, 3.05) is 0 Å². The Morgan fingerprint density at radius 2 is 1.83 bits per heavy atom. The maximum Gasteiger partial charge on any atom is 0.338 e. The summed E-state index contributed by atoms with van der Waals surface area (Å²) < 4.78 is 5.66. The van der Waals surface area contributed by atoms with Gasteiger partial charge in [0, 0.05) is 17.0 Å². The van der Waals surface area contributed by atoms with Crippen LogP contribution in [-0.2, 0) is 4.74 Å². The molecule has 0 radical (unpaired) electrons. The molecular weight excluding hydrogens is 364 g/mol. The second-order valence-electron chi connectivity index (χ2n) is 8.71. The highest BCUT2D eigenvalue weighted by Gasteiger charge is 2.26. The number of fused-ring (bicyclic) bond motifs is 1. The van der Waals surface area contributed by atoms with Crippen LogP contribution in [0.25, 0.3) is 22.2 Å². The van der Waals surface area contributed by atoms with Gasteiger partial charge in [0.15, 0.2) is 0 Å². The van der Waals surface area contributed by atoms with Gasteiger partial charge < -0.3 is 9.84 Å². The first-order valence-corrected chi connectivity index (χ1v) is 10.1. The van der Waals surface area contributed by atoms with Crippen molar-refractivity contribution >= 4 is 16.9 Å². The minimum atomic E-state index is -0.534. The molecule has 0 saturated heterocycles. The summed E-state index contributed by atoms with van der Waals surface area (Å²) in [6.07, 6.45) is 6.03. The monoisotopic (exact) mass is 390 g/mol. The second-order valence-corrected chi connectivity index (χ2v) is 8.71. The minimum Gasteiger partial charge on any atom is -0.508 e. The number of hydrogen-bond donors (Lipinski definition) is 1. The normalized spacial score (nSPS) is 15.0. The van der Waals surface area contributed by atoms with E-state index in [4.69, 9.17) is 4.74 Å². The highest BCUT2D eigenvalue weighted by molar-refractivity contribution is 5.95. The Balaban J connectivity index is 1.82. The first kappa shape index (κ1) is 19.4. The molecule has 4 rings (SSSR count). The molecule has 5 heteroatoms. The Morgan fingerprint density at radius 3 is 2.55 bits per heavy atom. The van der Waals surface area contributed by atoms with Crippen molar-refractivity contribution in [3.05, 3.63) is 53.9 Å². The van der Waals surface area contributed by atoms with E-state index in [0.717, 1.165) is 35.0 Å². The van der Waals surface area contributed by atoms with E-state index < -0.39 is 5.60 Å². The SMILES string of the molecule is CC(C)(C)OC(=O)c1ccc(-c2ncnc3cc(O)ccc23)cc1C1CCCC1. The maximum atomic E-state index is 12.9. The second kappa shape index (κ2) is 7.47. The average Bonchev–Trinajstić information content (AvgIpc) is 3.20. The third kappa shape index (κ3) is 4.09. The number of phenols is 1. The van der Waals surface area contributed by atoms with Crippen LogP contribution >= 0.6 is 0 Å². The van der Waals surface area contributed by atoms with E-state index in [0.29, 0.717) is 17.0 Å². The molecule has 0 unspecified atom stereocenters. The van der Waals surface area contributed by atoms with Crippen molar-refractivity contribution in [2.24, 2.45) is 0 Å². The molecule has 0 bridgehead atoms. The lowest BCUT2D eigenvalue weighted by molar-refractivity contribution is 0.00678. The van der Waals surface area contributed by atoms with E-state index in [2.05, 4.69) is 16.0 Å². The van der Waals surface area contributed by atoms with Crippen molar-refractivity contribution in [3.8, 4) is 17.0 Å². The van der Waals surface area contributed by atoms with Gasteiger partial charge in [0.2, 0.25) is 0 Å². The zero-order valence-electron chi connectivity index (χ0n) is 17.1. The first-order valence-electron chi connectivity index (χ1n) is 10.1. The molecule has 0 atom stereocenters. The molecule has 0 aliphatic heterocycles. The van der Waals surface area contributed by atoms with Crippen LogP contribution in [0.5, 0.6) is 5.75 Å². The molecule has 0 spiro atoms. The summed E-state index contributed by atoms with van der Waals surface area (Å²) >= 11 is 0. The highest BCUT2D eigenvalue weighted by atomic mass is 16.6. The molecule has 1 saturated carbocycles. The van der Waals surface area contributed by atoms with Gasteiger partial charge in [0.25, 0.3) is 0 Å². The van der Waals surface area contributed by atoms with E-state index in [9.17, 15) is 9.90 Å². The van der Waals surface area contributed by atoms with Gasteiger partial charge in [-0.05, 0) is 69.4 Å². The van der Waals surface area contributed by atoms with Gasteiger partial charge in [-0.2, -0.15) is 0 Å². The van der Waals surface area contributed by atoms with Crippen molar-refractivity contribution in [1.29, 1.82) is 0 Å². The first-order chi connectivity index (χ1) is 13.8. The summed E-state index contributed by atoms with van der Waals surface area (Å²) in [5.41, 5.74) is 3.58. The largest absolute Gasteiger partial charge is 0.508 e. The fourth-order valence-electron chi connectivity index (χ4n) is 4.08. The zero-order valence-corrected chi connectivity index (χ0v) is 17.1. The van der Waals surface area contributed by atoms with Crippen LogP contribution in [0.3, 0.4) is 0 Å². The van der Waals surface area contributed by atoms with Crippen LogP contribution in [0, 0.1) is 0 Å². The number of esters is 1. The number of aromatic nitrogens is 2. The zero-order chi connectivity index (χ0) is 20.6. The summed E-state index contributed by atoms with van der Waals surface area (Å²) in [6.45, 7) is 5.66. The van der Waals surface area contributed by atoms with E-state index in [1.165, 1.54) is 19.2 Å². The molecule has 1 aromatic heterocycles. The number of benzene rings is 2. The lowest BCUT2D eigenvalue weighted by Gasteiger charge is -2.22. The van der Waals surface area contributed by atoms with Crippen LogP contribution < -0.4 is 0 Å². The van der Waals surface area contributed by atoms with Crippen LogP contribution in [-0.4, -0.2) is 26.6 Å². The maximum absolute atomic E-state index is 12.9. The summed E-state index contributed by atoms with van der Waals surface area (Å²) in [6, 6.07) is 11.0. The Bertz CT molecular complexity index is 1060. The van der Waals surface area contributed by atoms with Gasteiger partial charge in [0.1, 0.15) is 17.7 Å². The molecule has 0 amide bonds. The molecule has 1 aliphatic carbocycles. The number of nitrogens with zero attached hydrogens (tertiary/aromatic N) is 2. The van der Waals surface area contributed by atoms with Crippen LogP contribution in [0.2, 0.25) is 0 Å². The van der Waals surface area contributed by atoms with Gasteiger partial charge in [-0.15, -0.1) is 0 Å². The van der Waals surface area contributed by atoms with Crippen LogP contribution in [0.15, 0.2) is 42.7 Å². The molecule has 1 heterocycles. The quantitative estimate of drug-likeness (QED) is 0.588. The van der Waals surface area contributed by atoms with Gasteiger partial charge >= 0.3 is 5.97 Å². The third-order valence-corrected chi connectivity index (χ3v) is 5.36. The smallest absolute Gasteiger partial charge is 0.338 e. The number of hydrogen-bond acceptors (Lipinski definition) is 5. The highest BCUT2D eigenvalue weighted by Crippen LogP contribution is 2.39. The molecule has 1 N–H and O–H groups in total. The fourth-order valence-corrected chi connectivity index (χ4v) is 4.08. The molecule has 3 aromatic rings. The van der Waals surface area contributed by atoms with Crippen molar-refractivity contribution in [2.45, 2.75) is 58.0 Å². The fraction of sp³-hybridized carbons (Fsp3) is 0.375. The topological polar surface area (TPSA) is 72.3 Å². The van der Waals surface area contributed by atoms with E-state index >= 15 is 0 Å². The predicted octanol–water partition coefficient (Wildman–Crippen LogP) is 5.62. The van der Waals surface area contributed by atoms with Gasteiger partial charge in [-0.1, -0.05) is 18.9 Å². The predicted molar refractivity (Wildman–Crippen MR) is 113 cm³/mol. The Hall–Kier alpha value is -2.95. The van der Waals surface area contributed by atoms with Crippen molar-refractivity contribution < 1.29 is 14.6 Å². The van der Waals surface area contributed by atoms with Crippen LogP contribution in [0.4, 0.5) is 0 Å². The van der Waals surface area contributed by atoms with E-state index in [1.807, 2.05) is 39.0 Å². The van der Waals surface area contributed by atoms with E-state index in [1.54, 1.807) is 12.1 Å². The number of phenolic OH excluding ortho intramolecular Hbond substituents is 1.